The zero-order chi connectivity index (χ0) is 16.2. The van der Waals surface area contributed by atoms with Crippen LogP contribution in [-0.2, 0) is 0 Å². The molecule has 2 aromatic heterocycles. The van der Waals surface area contributed by atoms with Crippen molar-refractivity contribution in [3.8, 4) is 0 Å². The predicted molar refractivity (Wildman–Crippen MR) is 91.5 cm³/mol. The van der Waals surface area contributed by atoms with E-state index in [0.29, 0.717) is 10.4 Å². The van der Waals surface area contributed by atoms with Crippen LogP contribution in [0, 0.1) is 15.3 Å². The van der Waals surface area contributed by atoms with Crippen LogP contribution >= 0.6 is 63.7 Å². The minimum Gasteiger partial charge on any atom is -0.617 e. The van der Waals surface area contributed by atoms with E-state index in [0.717, 1.165) is 21.3 Å². The second-order valence-corrected chi connectivity index (χ2v) is 6.71. The molecule has 2 aromatic rings. The van der Waals surface area contributed by atoms with Gasteiger partial charge in [-0.15, -0.1) is 0 Å². The summed E-state index contributed by atoms with van der Waals surface area (Å²) < 4.78 is 2.18. The molecular formula is C10H6Br4N4O3. The zero-order valence-corrected chi connectivity index (χ0v) is 16.3. The Hall–Kier alpha value is -0.780. The average molecular weight is 550 g/mol. The molecular weight excluding hydrogens is 544 g/mol. The Morgan fingerprint density at radius 3 is 1.81 bits per heavy atom. The first-order valence-electron chi connectivity index (χ1n) is 5.02. The summed E-state index contributed by atoms with van der Waals surface area (Å²) in [5.41, 5.74) is 6.02. The molecule has 0 fully saturated rings. The van der Waals surface area contributed by atoms with Crippen LogP contribution in [0.1, 0.15) is 0 Å². The minimum absolute atomic E-state index is 0.101. The van der Waals surface area contributed by atoms with Crippen LogP contribution in [-0.4, -0.2) is 9.91 Å². The number of nitrogen functional groups attached to an aromatic ring is 1. The maximum absolute atomic E-state index is 10.9. The number of hydrogen-bond donors (Lipinski definition) is 1. The lowest BCUT2D eigenvalue weighted by molar-refractivity contribution is -0.629. The van der Waals surface area contributed by atoms with Gasteiger partial charge in [0.1, 0.15) is 9.21 Å². The number of nitro groups is 1. The lowest BCUT2D eigenvalue weighted by atomic mass is 10.4. The molecule has 0 atom stereocenters. The van der Waals surface area contributed by atoms with Crippen LogP contribution in [0.2, 0.25) is 0 Å². The smallest absolute Gasteiger partial charge is 0.284 e. The molecule has 0 bridgehead atoms. The van der Waals surface area contributed by atoms with E-state index in [2.05, 4.69) is 68.7 Å². The zero-order valence-electron chi connectivity index (χ0n) is 9.96. The fourth-order valence-corrected chi connectivity index (χ4v) is 3.33. The third kappa shape index (κ3) is 5.85. The molecule has 0 aliphatic carbocycles. The van der Waals surface area contributed by atoms with Gasteiger partial charge in [0.05, 0.1) is 17.1 Å². The Bertz CT molecular complexity index is 610. The van der Waals surface area contributed by atoms with E-state index in [-0.39, 0.29) is 14.9 Å². The Morgan fingerprint density at radius 1 is 1.05 bits per heavy atom. The van der Waals surface area contributed by atoms with E-state index in [1.54, 1.807) is 12.1 Å². The molecule has 0 unspecified atom stereocenters. The predicted octanol–water partition coefficient (Wildman–Crippen LogP) is 3.94. The van der Waals surface area contributed by atoms with E-state index < -0.39 is 4.92 Å². The van der Waals surface area contributed by atoms with Gasteiger partial charge in [-0.05, 0) is 44.0 Å². The number of rotatable bonds is 1. The summed E-state index contributed by atoms with van der Waals surface area (Å²) in [6, 6.07) is 5.76. The number of anilines is 1. The first kappa shape index (κ1) is 18.3. The van der Waals surface area contributed by atoms with Gasteiger partial charge in [0.25, 0.3) is 14.9 Å². The quantitative estimate of drug-likeness (QED) is 0.191. The number of pyridine rings is 2. The lowest BCUT2D eigenvalue weighted by Crippen LogP contribution is -2.29. The van der Waals surface area contributed by atoms with E-state index in [1.165, 1.54) is 0 Å². The highest BCUT2D eigenvalue weighted by atomic mass is 79.9. The first-order chi connectivity index (χ1) is 9.70. The molecule has 11 heteroatoms. The van der Waals surface area contributed by atoms with Gasteiger partial charge >= 0.3 is 0 Å². The summed E-state index contributed by atoms with van der Waals surface area (Å²) in [5, 5.41) is 21.2. The maximum atomic E-state index is 10.9. The standard InChI is InChI=1S/C5H2Br2N2O3.C5H4Br2N2/c6-4-1-3(9(11)12)2-5(7)8(4)10;6-4-1-3(8)2-5(7)9-4/h1-2H;1-2H,(H2,8,9). The van der Waals surface area contributed by atoms with Crippen molar-refractivity contribution in [1.29, 1.82) is 0 Å². The molecule has 0 spiro atoms. The van der Waals surface area contributed by atoms with Crippen molar-refractivity contribution in [2.24, 2.45) is 0 Å². The molecule has 0 aromatic carbocycles. The van der Waals surface area contributed by atoms with E-state index in [4.69, 9.17) is 5.73 Å². The number of hydrogen-bond acceptors (Lipinski definition) is 5. The monoisotopic (exact) mass is 546 g/mol. The van der Waals surface area contributed by atoms with Crippen molar-refractivity contribution in [2.45, 2.75) is 0 Å². The van der Waals surface area contributed by atoms with Crippen molar-refractivity contribution in [3.63, 3.8) is 0 Å². The van der Waals surface area contributed by atoms with Gasteiger partial charge in [0, 0.05) is 37.5 Å². The van der Waals surface area contributed by atoms with Gasteiger partial charge < -0.3 is 10.9 Å². The molecule has 0 radical (unpaired) electrons. The molecule has 2 heterocycles. The van der Waals surface area contributed by atoms with Gasteiger partial charge in [0.2, 0.25) is 0 Å². The van der Waals surface area contributed by atoms with Crippen LogP contribution in [0.4, 0.5) is 11.4 Å². The third-order valence-corrected chi connectivity index (χ3v) is 3.83. The van der Waals surface area contributed by atoms with Crippen molar-refractivity contribution >= 4 is 75.1 Å². The van der Waals surface area contributed by atoms with Crippen LogP contribution in [0.25, 0.3) is 0 Å². The number of nitrogens with two attached hydrogens (primary N) is 1. The largest absolute Gasteiger partial charge is 0.617 e. The minimum atomic E-state index is -0.574. The van der Waals surface area contributed by atoms with Gasteiger partial charge in [-0.1, -0.05) is 0 Å². The molecule has 0 aliphatic rings. The van der Waals surface area contributed by atoms with Gasteiger partial charge in [-0.3, -0.25) is 10.1 Å². The number of nitrogens with zero attached hydrogens (tertiary/aromatic N) is 3. The second-order valence-electron chi connectivity index (χ2n) is 3.46. The highest BCUT2D eigenvalue weighted by Gasteiger charge is 2.16. The Labute approximate surface area is 152 Å². The number of halogens is 4. The van der Waals surface area contributed by atoms with Crippen LogP contribution < -0.4 is 10.5 Å². The molecule has 2 rings (SSSR count). The molecule has 0 saturated carbocycles. The van der Waals surface area contributed by atoms with Crippen LogP contribution in [0.5, 0.6) is 0 Å². The molecule has 0 aliphatic heterocycles. The van der Waals surface area contributed by atoms with E-state index in [1.807, 2.05) is 0 Å². The SMILES string of the molecule is Nc1cc(Br)nc(Br)c1.O=[N+]([O-])c1cc(Br)[n+]([O-])c(Br)c1. The molecule has 2 N–H and O–H groups in total. The average Bonchev–Trinajstić information content (AvgIpc) is 2.34. The lowest BCUT2D eigenvalue weighted by Gasteiger charge is -1.99. The van der Waals surface area contributed by atoms with E-state index >= 15 is 0 Å². The third-order valence-electron chi connectivity index (χ3n) is 1.92. The fourth-order valence-electron chi connectivity index (χ4n) is 1.09. The molecule has 0 amide bonds. The molecule has 7 nitrogen and oxygen atoms in total. The summed E-state index contributed by atoms with van der Waals surface area (Å²) in [4.78, 5) is 13.7. The van der Waals surface area contributed by atoms with Gasteiger partial charge in [-0.25, -0.2) is 4.98 Å². The molecule has 21 heavy (non-hydrogen) atoms. The van der Waals surface area contributed by atoms with Crippen molar-refractivity contribution < 1.29 is 9.65 Å². The normalized spacial score (nSPS) is 9.71. The molecule has 112 valence electrons. The Balaban J connectivity index is 0.000000219. The highest BCUT2D eigenvalue weighted by Crippen LogP contribution is 2.19. The van der Waals surface area contributed by atoms with E-state index in [9.17, 15) is 15.3 Å². The molecule has 0 saturated heterocycles. The van der Waals surface area contributed by atoms with Crippen molar-refractivity contribution in [1.82, 2.24) is 4.98 Å². The maximum Gasteiger partial charge on any atom is 0.284 e. The Kier molecular flexibility index (Phi) is 6.97. The first-order valence-corrected chi connectivity index (χ1v) is 8.19. The van der Waals surface area contributed by atoms with Crippen molar-refractivity contribution in [3.05, 3.63) is 58.0 Å². The highest BCUT2D eigenvalue weighted by molar-refractivity contribution is 9.11. The number of aromatic nitrogens is 2. The summed E-state index contributed by atoms with van der Waals surface area (Å²) >= 11 is 12.1. The fraction of sp³-hybridized carbons (Fsp3) is 0. The summed E-state index contributed by atoms with van der Waals surface area (Å²) in [5.74, 6) is 0. The van der Waals surface area contributed by atoms with Gasteiger partial charge in [-0.2, -0.15) is 4.73 Å². The summed E-state index contributed by atoms with van der Waals surface area (Å²) in [6.07, 6.45) is 0. The topological polar surface area (TPSA) is 109 Å². The van der Waals surface area contributed by atoms with Crippen LogP contribution in [0.3, 0.4) is 0 Å². The Morgan fingerprint density at radius 2 is 1.48 bits per heavy atom. The summed E-state index contributed by atoms with van der Waals surface area (Å²) in [6.45, 7) is 0. The summed E-state index contributed by atoms with van der Waals surface area (Å²) in [7, 11) is 0. The second kappa shape index (κ2) is 8.01. The van der Waals surface area contributed by atoms with Gasteiger partial charge in [0.15, 0.2) is 0 Å². The van der Waals surface area contributed by atoms with Crippen LogP contribution in [0.15, 0.2) is 42.7 Å². The van der Waals surface area contributed by atoms with Crippen molar-refractivity contribution in [2.75, 3.05) is 5.73 Å².